The molecule has 0 aliphatic carbocycles. The monoisotopic (exact) mass is 285 g/mol. The molecule has 1 amide bonds. The molecule has 0 saturated carbocycles. The van der Waals surface area contributed by atoms with Crippen molar-refractivity contribution in [3.63, 3.8) is 0 Å². The van der Waals surface area contributed by atoms with Crippen molar-refractivity contribution in [1.29, 1.82) is 0 Å². The van der Waals surface area contributed by atoms with Crippen LogP contribution in [0.4, 0.5) is 5.82 Å². The van der Waals surface area contributed by atoms with Crippen molar-refractivity contribution < 1.29 is 4.79 Å². The van der Waals surface area contributed by atoms with Gasteiger partial charge >= 0.3 is 0 Å². The Balaban J connectivity index is 1.94. The first-order valence-corrected chi connectivity index (χ1v) is 6.73. The van der Waals surface area contributed by atoms with Crippen molar-refractivity contribution in [1.82, 2.24) is 20.5 Å². The van der Waals surface area contributed by atoms with Crippen LogP contribution in [0.25, 0.3) is 0 Å². The van der Waals surface area contributed by atoms with Gasteiger partial charge in [-0.15, -0.1) is 10.2 Å². The molecule has 0 aliphatic rings. The Morgan fingerprint density at radius 3 is 2.57 bits per heavy atom. The summed E-state index contributed by atoms with van der Waals surface area (Å²) in [4.78, 5) is 16.0. The molecule has 2 N–H and O–H groups in total. The third-order valence-electron chi connectivity index (χ3n) is 2.58. The Hall–Kier alpha value is -2.50. The zero-order valence-electron chi connectivity index (χ0n) is 12.4. The molecule has 0 spiro atoms. The van der Waals surface area contributed by atoms with Gasteiger partial charge in [-0.25, -0.2) is 0 Å². The Labute approximate surface area is 124 Å². The van der Waals surface area contributed by atoms with E-state index in [1.165, 1.54) is 0 Å². The number of nitrogens with one attached hydrogen (secondary N) is 2. The van der Waals surface area contributed by atoms with Crippen LogP contribution in [0.15, 0.2) is 36.7 Å². The molecule has 0 atom stereocenters. The lowest BCUT2D eigenvalue weighted by atomic mass is 10.1. The number of aromatic nitrogens is 3. The minimum atomic E-state index is -0.256. The Bertz CT molecular complexity index is 590. The quantitative estimate of drug-likeness (QED) is 0.898. The summed E-state index contributed by atoms with van der Waals surface area (Å²) in [5.74, 6) is 0.389. The molecule has 0 radical (unpaired) electrons. The lowest BCUT2D eigenvalue weighted by Crippen LogP contribution is -2.27. The highest BCUT2D eigenvalue weighted by Gasteiger charge is 2.12. The summed E-state index contributed by atoms with van der Waals surface area (Å²) >= 11 is 0. The summed E-state index contributed by atoms with van der Waals surface area (Å²) < 4.78 is 0. The first-order chi connectivity index (χ1) is 9.94. The topological polar surface area (TPSA) is 79.8 Å². The van der Waals surface area contributed by atoms with Crippen LogP contribution in [0.5, 0.6) is 0 Å². The summed E-state index contributed by atoms with van der Waals surface area (Å²) in [6.45, 7) is 6.51. The van der Waals surface area contributed by atoms with Crippen molar-refractivity contribution in [3.8, 4) is 0 Å². The molecule has 0 saturated heterocycles. The highest BCUT2D eigenvalue weighted by molar-refractivity contribution is 5.92. The molecule has 2 aromatic rings. The van der Waals surface area contributed by atoms with Crippen LogP contribution in [0.1, 0.15) is 36.8 Å². The van der Waals surface area contributed by atoms with Crippen molar-refractivity contribution in [2.75, 3.05) is 5.32 Å². The highest BCUT2D eigenvalue weighted by atomic mass is 16.1. The molecule has 0 aliphatic heterocycles. The second-order valence-electron chi connectivity index (χ2n) is 5.72. The van der Waals surface area contributed by atoms with Gasteiger partial charge in [-0.05, 0) is 44.5 Å². The van der Waals surface area contributed by atoms with Gasteiger partial charge in [0.25, 0.3) is 5.91 Å². The van der Waals surface area contributed by atoms with E-state index in [0.717, 1.165) is 5.56 Å². The van der Waals surface area contributed by atoms with E-state index in [0.29, 0.717) is 18.1 Å². The summed E-state index contributed by atoms with van der Waals surface area (Å²) in [5, 5.41) is 13.9. The van der Waals surface area contributed by atoms with Crippen LogP contribution in [0.2, 0.25) is 0 Å². The fourth-order valence-corrected chi connectivity index (χ4v) is 1.68. The molecular weight excluding hydrogens is 266 g/mol. The maximum Gasteiger partial charge on any atom is 0.272 e. The maximum atomic E-state index is 12.0. The molecule has 0 fully saturated rings. The first-order valence-electron chi connectivity index (χ1n) is 6.73. The van der Waals surface area contributed by atoms with Gasteiger partial charge in [0, 0.05) is 24.5 Å². The van der Waals surface area contributed by atoms with Gasteiger partial charge in [0.1, 0.15) is 5.82 Å². The van der Waals surface area contributed by atoms with Crippen LogP contribution >= 0.6 is 0 Å². The number of amides is 1. The molecular formula is C15H19N5O. The molecule has 0 unspecified atom stereocenters. The zero-order chi connectivity index (χ0) is 15.3. The zero-order valence-corrected chi connectivity index (χ0v) is 12.4. The predicted molar refractivity (Wildman–Crippen MR) is 80.8 cm³/mol. The third-order valence-corrected chi connectivity index (χ3v) is 2.58. The normalized spacial score (nSPS) is 11.0. The molecule has 110 valence electrons. The highest BCUT2D eigenvalue weighted by Crippen LogP contribution is 2.10. The first kappa shape index (κ1) is 14.9. The Morgan fingerprint density at radius 2 is 2.00 bits per heavy atom. The molecule has 0 aromatic carbocycles. The Kier molecular flexibility index (Phi) is 4.47. The van der Waals surface area contributed by atoms with E-state index in [9.17, 15) is 4.79 Å². The van der Waals surface area contributed by atoms with Crippen molar-refractivity contribution in [2.24, 2.45) is 0 Å². The summed E-state index contributed by atoms with van der Waals surface area (Å²) in [7, 11) is 0. The van der Waals surface area contributed by atoms with E-state index in [1.807, 2.05) is 32.9 Å². The van der Waals surface area contributed by atoms with Crippen molar-refractivity contribution >= 4 is 11.7 Å². The van der Waals surface area contributed by atoms with E-state index in [2.05, 4.69) is 25.8 Å². The lowest BCUT2D eigenvalue weighted by Gasteiger charge is -2.20. The van der Waals surface area contributed by atoms with Crippen LogP contribution < -0.4 is 10.6 Å². The van der Waals surface area contributed by atoms with E-state index < -0.39 is 0 Å². The second-order valence-corrected chi connectivity index (χ2v) is 5.72. The number of rotatable bonds is 4. The molecule has 2 aromatic heterocycles. The number of carbonyl (C=O) groups excluding carboxylic acids is 1. The average Bonchev–Trinajstić information content (AvgIpc) is 2.45. The van der Waals surface area contributed by atoms with Crippen LogP contribution in [0.3, 0.4) is 0 Å². The standard InChI is InChI=1S/C15H19N5O/c1-15(2,3)18-13-7-6-12(19-20-13)14(21)17-10-11-5-4-8-16-9-11/h4-9H,10H2,1-3H3,(H,17,21)(H,18,20). The van der Waals surface area contributed by atoms with Gasteiger partial charge in [0.2, 0.25) is 0 Å². The molecule has 6 heteroatoms. The van der Waals surface area contributed by atoms with Crippen LogP contribution in [-0.2, 0) is 6.54 Å². The van der Waals surface area contributed by atoms with Gasteiger partial charge < -0.3 is 10.6 Å². The van der Waals surface area contributed by atoms with Gasteiger partial charge in [0.05, 0.1) is 0 Å². The largest absolute Gasteiger partial charge is 0.364 e. The van der Waals surface area contributed by atoms with Gasteiger partial charge in [-0.2, -0.15) is 0 Å². The molecule has 6 nitrogen and oxygen atoms in total. The number of hydrogen-bond donors (Lipinski definition) is 2. The second kappa shape index (κ2) is 6.30. The molecule has 2 rings (SSSR count). The fraction of sp³-hybridized carbons (Fsp3) is 0.333. The SMILES string of the molecule is CC(C)(C)Nc1ccc(C(=O)NCc2cccnc2)nn1. The summed E-state index contributed by atoms with van der Waals surface area (Å²) in [6.07, 6.45) is 3.40. The lowest BCUT2D eigenvalue weighted by molar-refractivity contribution is 0.0945. The minimum absolute atomic E-state index is 0.0984. The number of nitrogens with zero attached hydrogens (tertiary/aromatic N) is 3. The molecule has 0 bridgehead atoms. The number of anilines is 1. The summed E-state index contributed by atoms with van der Waals surface area (Å²) in [5.41, 5.74) is 1.13. The maximum absolute atomic E-state index is 12.0. The van der Waals surface area contributed by atoms with E-state index in [-0.39, 0.29) is 11.4 Å². The van der Waals surface area contributed by atoms with Gasteiger partial charge in [0.15, 0.2) is 5.69 Å². The summed E-state index contributed by atoms with van der Waals surface area (Å²) in [6, 6.07) is 7.13. The number of pyridine rings is 1. The Morgan fingerprint density at radius 1 is 1.19 bits per heavy atom. The number of hydrogen-bond acceptors (Lipinski definition) is 5. The molecule has 2 heterocycles. The molecule has 21 heavy (non-hydrogen) atoms. The van der Waals surface area contributed by atoms with Crippen molar-refractivity contribution in [2.45, 2.75) is 32.9 Å². The van der Waals surface area contributed by atoms with Crippen molar-refractivity contribution in [3.05, 3.63) is 47.9 Å². The smallest absolute Gasteiger partial charge is 0.272 e. The fourth-order valence-electron chi connectivity index (χ4n) is 1.68. The average molecular weight is 285 g/mol. The van der Waals surface area contributed by atoms with E-state index in [4.69, 9.17) is 0 Å². The van der Waals surface area contributed by atoms with Crippen LogP contribution in [0, 0.1) is 0 Å². The predicted octanol–water partition coefficient (Wildman–Crippen LogP) is 2.01. The van der Waals surface area contributed by atoms with Crippen LogP contribution in [-0.4, -0.2) is 26.6 Å². The van der Waals surface area contributed by atoms with Gasteiger partial charge in [-0.1, -0.05) is 6.07 Å². The van der Waals surface area contributed by atoms with Gasteiger partial charge in [-0.3, -0.25) is 9.78 Å². The third kappa shape index (κ3) is 4.83. The number of carbonyl (C=O) groups is 1. The van der Waals surface area contributed by atoms with E-state index >= 15 is 0 Å². The minimum Gasteiger partial charge on any atom is -0.364 e. The van der Waals surface area contributed by atoms with E-state index in [1.54, 1.807) is 24.5 Å².